The fraction of sp³-hybridized carbons (Fsp3) is 0.500. The Bertz CT molecular complexity index is 1170. The molecule has 210 valence electrons. The highest BCUT2D eigenvalue weighted by Gasteiger charge is 2.32. The van der Waals surface area contributed by atoms with Gasteiger partial charge in [-0.05, 0) is 47.1 Å². The summed E-state index contributed by atoms with van der Waals surface area (Å²) in [6.45, 7) is 10.2. The second-order valence-corrected chi connectivity index (χ2v) is 10.2. The van der Waals surface area contributed by atoms with Gasteiger partial charge < -0.3 is 24.6 Å². The number of nitrogens with zero attached hydrogens (tertiary/aromatic N) is 4. The molecule has 0 bridgehead atoms. The van der Waals surface area contributed by atoms with Crippen molar-refractivity contribution in [1.82, 2.24) is 25.1 Å². The normalized spacial score (nSPS) is 14.4. The van der Waals surface area contributed by atoms with E-state index in [9.17, 15) is 19.2 Å². The lowest BCUT2D eigenvalue weighted by atomic mass is 10.1. The number of carbonyl (C=O) groups is 4. The summed E-state index contributed by atoms with van der Waals surface area (Å²) in [4.78, 5) is 63.2. The summed E-state index contributed by atoms with van der Waals surface area (Å²) in [5.74, 6) is -0.965. The molecule has 3 rings (SSSR count). The lowest BCUT2D eigenvalue weighted by molar-refractivity contribution is -0.155. The number of benzene rings is 1. The van der Waals surface area contributed by atoms with Gasteiger partial charge in [0.15, 0.2) is 5.82 Å². The van der Waals surface area contributed by atoms with Crippen molar-refractivity contribution in [2.24, 2.45) is 0 Å². The quantitative estimate of drug-likeness (QED) is 0.507. The molecule has 39 heavy (non-hydrogen) atoms. The van der Waals surface area contributed by atoms with Crippen LogP contribution in [0.15, 0.2) is 36.4 Å². The van der Waals surface area contributed by atoms with Crippen LogP contribution in [0.2, 0.25) is 0 Å². The largest absolute Gasteiger partial charge is 0.460 e. The van der Waals surface area contributed by atoms with Gasteiger partial charge in [-0.15, -0.1) is 0 Å². The number of nitrogens with one attached hydrogen (secondary N) is 1. The predicted molar refractivity (Wildman–Crippen MR) is 144 cm³/mol. The van der Waals surface area contributed by atoms with E-state index in [-0.39, 0.29) is 44.1 Å². The van der Waals surface area contributed by atoms with Gasteiger partial charge in [-0.3, -0.25) is 14.4 Å². The summed E-state index contributed by atoms with van der Waals surface area (Å²) >= 11 is 0. The molecule has 1 fully saturated rings. The lowest BCUT2D eigenvalue weighted by Gasteiger charge is -2.36. The molecule has 1 atom stereocenters. The molecular formula is C28H37N5O6. The molecule has 2 aromatic rings. The zero-order chi connectivity index (χ0) is 28.6. The van der Waals surface area contributed by atoms with Crippen LogP contribution in [-0.2, 0) is 19.1 Å². The Morgan fingerprint density at radius 3 is 2.26 bits per heavy atom. The van der Waals surface area contributed by atoms with Crippen LogP contribution in [-0.4, -0.2) is 88.1 Å². The van der Waals surface area contributed by atoms with Gasteiger partial charge in [0.1, 0.15) is 17.3 Å². The third-order valence-electron chi connectivity index (χ3n) is 5.90. The molecular weight excluding hydrogens is 502 g/mol. The molecule has 3 amide bonds. The third kappa shape index (κ3) is 8.76. The molecule has 0 spiro atoms. The SMILES string of the molecule is CCOC(=O)N1CCN(C(=O)[C@H](CCC(=O)OC(C)(C)C)NC(=O)c2cc(C)nc(-c3ccccc3)n2)CC1. The Labute approximate surface area is 228 Å². The highest BCUT2D eigenvalue weighted by molar-refractivity contribution is 5.96. The number of carbonyl (C=O) groups excluding carboxylic acids is 4. The van der Waals surface area contributed by atoms with E-state index >= 15 is 0 Å². The van der Waals surface area contributed by atoms with Crippen molar-refractivity contribution in [3.8, 4) is 11.4 Å². The van der Waals surface area contributed by atoms with Crippen molar-refractivity contribution >= 4 is 23.9 Å². The molecule has 1 aliphatic rings. The fourth-order valence-electron chi connectivity index (χ4n) is 4.09. The van der Waals surface area contributed by atoms with Crippen molar-refractivity contribution in [2.75, 3.05) is 32.8 Å². The number of piperazine rings is 1. The second-order valence-electron chi connectivity index (χ2n) is 10.2. The predicted octanol–water partition coefficient (Wildman–Crippen LogP) is 2.97. The topological polar surface area (TPSA) is 131 Å². The number of esters is 1. The van der Waals surface area contributed by atoms with Gasteiger partial charge in [0.2, 0.25) is 5.91 Å². The summed E-state index contributed by atoms with van der Waals surface area (Å²) in [5, 5.41) is 2.78. The fourth-order valence-corrected chi connectivity index (χ4v) is 4.09. The molecule has 0 saturated carbocycles. The highest BCUT2D eigenvalue weighted by Crippen LogP contribution is 2.17. The van der Waals surface area contributed by atoms with Crippen LogP contribution in [0.3, 0.4) is 0 Å². The highest BCUT2D eigenvalue weighted by atomic mass is 16.6. The van der Waals surface area contributed by atoms with Gasteiger partial charge in [0.25, 0.3) is 5.91 Å². The summed E-state index contributed by atoms with van der Waals surface area (Å²) in [6.07, 6.45) is -0.435. The van der Waals surface area contributed by atoms with Crippen LogP contribution in [0.5, 0.6) is 0 Å². The van der Waals surface area contributed by atoms with Gasteiger partial charge >= 0.3 is 12.1 Å². The van der Waals surface area contributed by atoms with Crippen LogP contribution in [0.4, 0.5) is 4.79 Å². The smallest absolute Gasteiger partial charge is 0.409 e. The zero-order valence-electron chi connectivity index (χ0n) is 23.2. The van der Waals surface area contributed by atoms with E-state index in [1.54, 1.807) is 45.6 Å². The van der Waals surface area contributed by atoms with E-state index in [1.165, 1.54) is 4.90 Å². The van der Waals surface area contributed by atoms with Crippen LogP contribution in [0.1, 0.15) is 56.7 Å². The van der Waals surface area contributed by atoms with Crippen molar-refractivity contribution in [2.45, 2.75) is 59.1 Å². The average Bonchev–Trinajstić information content (AvgIpc) is 2.90. The minimum Gasteiger partial charge on any atom is -0.460 e. The van der Waals surface area contributed by atoms with Gasteiger partial charge in [-0.1, -0.05) is 30.3 Å². The number of ether oxygens (including phenoxy) is 2. The van der Waals surface area contributed by atoms with E-state index in [0.29, 0.717) is 24.6 Å². The number of aryl methyl sites for hydroxylation is 1. The molecule has 2 heterocycles. The number of rotatable bonds is 8. The number of hydrogen-bond acceptors (Lipinski definition) is 8. The van der Waals surface area contributed by atoms with Gasteiger partial charge in [0, 0.05) is 43.9 Å². The summed E-state index contributed by atoms with van der Waals surface area (Å²) < 4.78 is 10.4. The molecule has 11 heteroatoms. The van der Waals surface area contributed by atoms with Crippen LogP contribution in [0, 0.1) is 6.92 Å². The van der Waals surface area contributed by atoms with Gasteiger partial charge in [-0.25, -0.2) is 14.8 Å². The first-order valence-electron chi connectivity index (χ1n) is 13.1. The number of hydrogen-bond donors (Lipinski definition) is 1. The molecule has 1 aliphatic heterocycles. The van der Waals surface area contributed by atoms with E-state index in [0.717, 1.165) is 5.56 Å². The summed E-state index contributed by atoms with van der Waals surface area (Å²) in [7, 11) is 0. The molecule has 1 saturated heterocycles. The first-order valence-corrected chi connectivity index (χ1v) is 13.1. The van der Waals surface area contributed by atoms with Crippen molar-refractivity contribution in [3.63, 3.8) is 0 Å². The van der Waals surface area contributed by atoms with Crippen molar-refractivity contribution in [1.29, 1.82) is 0 Å². The van der Waals surface area contributed by atoms with E-state index in [1.807, 2.05) is 30.3 Å². The standard InChI is InChI=1S/C28H37N5O6/c1-6-38-27(37)33-16-14-32(15-17-33)26(36)21(12-13-23(34)39-28(3,4)5)31-25(35)22-18-19(2)29-24(30-22)20-10-8-7-9-11-20/h7-11,18,21H,6,12-17H2,1-5H3,(H,31,35)/t21-/m0/s1. The van der Waals surface area contributed by atoms with Crippen LogP contribution in [0.25, 0.3) is 11.4 Å². The summed E-state index contributed by atoms with van der Waals surface area (Å²) in [5.41, 5.74) is 0.798. The first-order chi connectivity index (χ1) is 18.5. The van der Waals surface area contributed by atoms with Crippen molar-refractivity contribution < 1.29 is 28.7 Å². The van der Waals surface area contributed by atoms with E-state index in [2.05, 4.69) is 15.3 Å². The first kappa shape index (κ1) is 29.5. The number of amides is 3. The Balaban J connectivity index is 1.76. The lowest BCUT2D eigenvalue weighted by Crippen LogP contribution is -2.56. The molecule has 11 nitrogen and oxygen atoms in total. The van der Waals surface area contributed by atoms with Gasteiger partial charge in [-0.2, -0.15) is 0 Å². The summed E-state index contributed by atoms with van der Waals surface area (Å²) in [6, 6.07) is 9.84. The number of aromatic nitrogens is 2. The average molecular weight is 540 g/mol. The monoisotopic (exact) mass is 539 g/mol. The Morgan fingerprint density at radius 1 is 1.00 bits per heavy atom. The maximum atomic E-state index is 13.5. The molecule has 0 radical (unpaired) electrons. The molecule has 0 aliphatic carbocycles. The Morgan fingerprint density at radius 2 is 1.64 bits per heavy atom. The molecule has 1 aromatic carbocycles. The minimum absolute atomic E-state index is 0.0488. The maximum Gasteiger partial charge on any atom is 0.409 e. The molecule has 1 N–H and O–H groups in total. The van der Waals surface area contributed by atoms with E-state index < -0.39 is 29.6 Å². The minimum atomic E-state index is -0.991. The molecule has 0 unspecified atom stereocenters. The maximum absolute atomic E-state index is 13.5. The Kier molecular flexibility index (Phi) is 9.97. The third-order valence-corrected chi connectivity index (χ3v) is 5.90. The van der Waals surface area contributed by atoms with Crippen LogP contribution >= 0.6 is 0 Å². The second kappa shape index (κ2) is 13.2. The molecule has 1 aromatic heterocycles. The van der Waals surface area contributed by atoms with Crippen molar-refractivity contribution in [3.05, 3.63) is 47.8 Å². The zero-order valence-corrected chi connectivity index (χ0v) is 23.2. The van der Waals surface area contributed by atoms with Gasteiger partial charge in [0.05, 0.1) is 6.61 Å². The van der Waals surface area contributed by atoms with Crippen LogP contribution < -0.4 is 5.32 Å². The Hall–Kier alpha value is -4.02. The van der Waals surface area contributed by atoms with E-state index in [4.69, 9.17) is 9.47 Å².